The lowest BCUT2D eigenvalue weighted by Gasteiger charge is -2.25. The maximum Gasteiger partial charge on any atom is 0.243 e. The Morgan fingerprint density at radius 3 is 2.79 bits per heavy atom. The smallest absolute Gasteiger partial charge is 0.243 e. The Morgan fingerprint density at radius 2 is 2.04 bits per heavy atom. The van der Waals surface area contributed by atoms with Gasteiger partial charge in [-0.1, -0.05) is 6.42 Å². The first-order chi connectivity index (χ1) is 13.5. The fraction of sp³-hybridized carbons (Fsp3) is 0.579. The lowest BCUT2D eigenvalue weighted by Crippen LogP contribution is -2.35. The lowest BCUT2D eigenvalue weighted by molar-refractivity contribution is -0.121. The van der Waals surface area contributed by atoms with Crippen LogP contribution in [0.25, 0.3) is 11.0 Å². The van der Waals surface area contributed by atoms with Crippen molar-refractivity contribution in [2.24, 2.45) is 0 Å². The predicted molar refractivity (Wildman–Crippen MR) is 106 cm³/mol. The number of aryl methyl sites for hydroxylation is 1. The highest BCUT2D eigenvalue weighted by atomic mass is 32.2. The van der Waals surface area contributed by atoms with Crippen molar-refractivity contribution in [1.29, 1.82) is 0 Å². The molecule has 1 amide bonds. The third kappa shape index (κ3) is 4.89. The number of nitrogens with one attached hydrogen (secondary N) is 1. The number of imidazole rings is 1. The van der Waals surface area contributed by atoms with E-state index >= 15 is 0 Å². The Morgan fingerprint density at radius 1 is 1.25 bits per heavy atom. The van der Waals surface area contributed by atoms with Gasteiger partial charge in [-0.3, -0.25) is 4.79 Å². The number of amides is 1. The van der Waals surface area contributed by atoms with E-state index < -0.39 is 10.0 Å². The maximum absolute atomic E-state index is 12.8. The van der Waals surface area contributed by atoms with E-state index in [1.165, 1.54) is 0 Å². The quantitative estimate of drug-likeness (QED) is 0.638. The summed E-state index contributed by atoms with van der Waals surface area (Å²) in [7, 11) is -1.84. The van der Waals surface area contributed by atoms with E-state index in [2.05, 4.69) is 10.3 Å². The Hall–Kier alpha value is -1.97. The van der Waals surface area contributed by atoms with Gasteiger partial charge in [-0.25, -0.2) is 13.4 Å². The number of rotatable bonds is 9. The van der Waals surface area contributed by atoms with Gasteiger partial charge >= 0.3 is 0 Å². The zero-order chi connectivity index (χ0) is 20.0. The summed E-state index contributed by atoms with van der Waals surface area (Å²) < 4.78 is 34.0. The van der Waals surface area contributed by atoms with Gasteiger partial charge in [0.15, 0.2) is 0 Å². The van der Waals surface area contributed by atoms with E-state index in [0.29, 0.717) is 44.7 Å². The molecule has 1 aromatic heterocycles. The summed E-state index contributed by atoms with van der Waals surface area (Å²) in [6.45, 7) is 2.86. The van der Waals surface area contributed by atoms with Crippen molar-refractivity contribution in [1.82, 2.24) is 19.2 Å². The Labute approximate surface area is 165 Å². The molecule has 0 aliphatic carbocycles. The summed E-state index contributed by atoms with van der Waals surface area (Å²) in [5, 5.41) is 2.86. The Balaban J connectivity index is 1.65. The fourth-order valence-electron chi connectivity index (χ4n) is 3.39. The van der Waals surface area contributed by atoms with Gasteiger partial charge in [-0.2, -0.15) is 4.31 Å². The molecule has 0 spiro atoms. The zero-order valence-electron chi connectivity index (χ0n) is 16.3. The van der Waals surface area contributed by atoms with Crippen molar-refractivity contribution in [3.05, 3.63) is 24.5 Å². The number of hydrogen-bond acceptors (Lipinski definition) is 5. The molecule has 28 heavy (non-hydrogen) atoms. The first-order valence-electron chi connectivity index (χ1n) is 9.73. The molecule has 9 heteroatoms. The van der Waals surface area contributed by atoms with Crippen LogP contribution < -0.4 is 5.32 Å². The summed E-state index contributed by atoms with van der Waals surface area (Å²) in [5.74, 6) is -0.0257. The van der Waals surface area contributed by atoms with Crippen LogP contribution in [0, 0.1) is 0 Å². The van der Waals surface area contributed by atoms with Gasteiger partial charge in [-0.05, 0) is 37.5 Å². The molecule has 0 atom stereocenters. The number of carbonyl (C=O) groups excluding carboxylic acids is 1. The SMILES string of the molecule is COCCCNC(=O)CCn1cnc2cc(S(=O)(=O)N3CCCCC3)ccc21. The molecule has 154 valence electrons. The number of fused-ring (bicyclic) bond motifs is 1. The molecular weight excluding hydrogens is 380 g/mol. The number of methoxy groups -OCH3 is 1. The number of hydrogen-bond donors (Lipinski definition) is 1. The van der Waals surface area contributed by atoms with Crippen molar-refractivity contribution in [3.8, 4) is 0 Å². The summed E-state index contributed by atoms with van der Waals surface area (Å²) in [5.41, 5.74) is 1.45. The highest BCUT2D eigenvalue weighted by Crippen LogP contribution is 2.24. The highest BCUT2D eigenvalue weighted by Gasteiger charge is 2.26. The van der Waals surface area contributed by atoms with Crippen LogP contribution in [0.3, 0.4) is 0 Å². The minimum Gasteiger partial charge on any atom is -0.385 e. The topological polar surface area (TPSA) is 93.5 Å². The van der Waals surface area contributed by atoms with Crippen molar-refractivity contribution in [3.63, 3.8) is 0 Å². The van der Waals surface area contributed by atoms with Crippen LogP contribution >= 0.6 is 0 Å². The zero-order valence-corrected chi connectivity index (χ0v) is 17.1. The monoisotopic (exact) mass is 408 g/mol. The lowest BCUT2D eigenvalue weighted by atomic mass is 10.2. The van der Waals surface area contributed by atoms with Gasteiger partial charge in [0.25, 0.3) is 0 Å². The van der Waals surface area contributed by atoms with Gasteiger partial charge in [-0.15, -0.1) is 0 Å². The van der Waals surface area contributed by atoms with Crippen LogP contribution in [0.4, 0.5) is 0 Å². The minimum absolute atomic E-state index is 0.0257. The first-order valence-corrected chi connectivity index (χ1v) is 11.2. The number of benzene rings is 1. The molecule has 2 aromatic rings. The molecule has 1 aromatic carbocycles. The maximum atomic E-state index is 12.8. The number of piperidine rings is 1. The Kier molecular flexibility index (Phi) is 7.03. The molecule has 3 rings (SSSR count). The van der Waals surface area contributed by atoms with Gasteiger partial charge in [0.05, 0.1) is 22.3 Å². The van der Waals surface area contributed by atoms with Crippen LogP contribution in [0.15, 0.2) is 29.4 Å². The molecule has 1 fully saturated rings. The van der Waals surface area contributed by atoms with E-state index in [9.17, 15) is 13.2 Å². The van der Waals surface area contributed by atoms with Crippen molar-refractivity contribution in [2.75, 3.05) is 33.4 Å². The van der Waals surface area contributed by atoms with Crippen molar-refractivity contribution >= 4 is 27.0 Å². The second-order valence-corrected chi connectivity index (χ2v) is 8.94. The van der Waals surface area contributed by atoms with Gasteiger partial charge in [0.2, 0.25) is 15.9 Å². The van der Waals surface area contributed by atoms with E-state index in [4.69, 9.17) is 4.74 Å². The highest BCUT2D eigenvalue weighted by molar-refractivity contribution is 7.89. The van der Waals surface area contributed by atoms with Gasteiger partial charge in [0.1, 0.15) is 0 Å². The largest absolute Gasteiger partial charge is 0.385 e. The van der Waals surface area contributed by atoms with Crippen LogP contribution in [0.2, 0.25) is 0 Å². The molecule has 2 heterocycles. The number of sulfonamides is 1. The average Bonchev–Trinajstić information content (AvgIpc) is 3.12. The van der Waals surface area contributed by atoms with Crippen LogP contribution in [-0.2, 0) is 26.1 Å². The molecule has 1 N–H and O–H groups in total. The second kappa shape index (κ2) is 9.49. The number of carbonyl (C=O) groups is 1. The molecular formula is C19H28N4O4S. The first kappa shape index (κ1) is 20.8. The summed E-state index contributed by atoms with van der Waals surface area (Å²) >= 11 is 0. The molecule has 8 nitrogen and oxygen atoms in total. The molecule has 0 radical (unpaired) electrons. The van der Waals surface area contributed by atoms with Crippen molar-refractivity contribution < 1.29 is 17.9 Å². The minimum atomic E-state index is -3.48. The molecule has 0 unspecified atom stereocenters. The molecule has 1 aliphatic heterocycles. The fourth-order valence-corrected chi connectivity index (χ4v) is 4.93. The standard InChI is InChI=1S/C19H28N4O4S/c1-27-13-5-9-20-19(24)8-12-22-15-21-17-14-16(6-7-18(17)22)28(25,26)23-10-3-2-4-11-23/h6-7,14-15H,2-5,8-13H2,1H3,(H,20,24). The van der Waals surface area contributed by atoms with Crippen molar-refractivity contribution in [2.45, 2.75) is 43.5 Å². The molecule has 1 saturated heterocycles. The second-order valence-electron chi connectivity index (χ2n) is 7.00. The van der Waals surface area contributed by atoms with E-state index in [1.807, 2.05) is 4.57 Å². The molecule has 0 saturated carbocycles. The summed E-state index contributed by atoms with van der Waals surface area (Å²) in [4.78, 5) is 16.5. The van der Waals surface area contributed by atoms with Crippen LogP contribution in [0.5, 0.6) is 0 Å². The average molecular weight is 409 g/mol. The van der Waals surface area contributed by atoms with Crippen LogP contribution in [-0.4, -0.2) is 61.5 Å². The third-order valence-electron chi connectivity index (χ3n) is 4.97. The predicted octanol–water partition coefficient (Wildman–Crippen LogP) is 1.75. The van der Waals surface area contributed by atoms with Gasteiger partial charge < -0.3 is 14.6 Å². The van der Waals surface area contributed by atoms with Gasteiger partial charge in [0, 0.05) is 46.3 Å². The number of nitrogens with zero attached hydrogens (tertiary/aromatic N) is 3. The summed E-state index contributed by atoms with van der Waals surface area (Å²) in [6.07, 6.45) is 5.67. The Bertz CT molecular complexity index is 904. The third-order valence-corrected chi connectivity index (χ3v) is 6.87. The normalized spacial score (nSPS) is 15.8. The summed E-state index contributed by atoms with van der Waals surface area (Å²) in [6, 6.07) is 5.03. The molecule has 1 aliphatic rings. The van der Waals surface area contributed by atoms with Crippen LogP contribution in [0.1, 0.15) is 32.1 Å². The van der Waals surface area contributed by atoms with E-state index in [1.54, 1.807) is 35.9 Å². The molecule has 0 bridgehead atoms. The van der Waals surface area contributed by atoms with E-state index in [-0.39, 0.29) is 10.8 Å². The number of ether oxygens (including phenoxy) is 1. The number of aromatic nitrogens is 2. The van der Waals surface area contributed by atoms with E-state index in [0.717, 1.165) is 31.2 Å².